The Morgan fingerprint density at radius 2 is 1.17 bits per heavy atom. The van der Waals surface area contributed by atoms with E-state index in [1.807, 2.05) is 0 Å². The summed E-state index contributed by atoms with van der Waals surface area (Å²) in [7, 11) is -2.57. The van der Waals surface area contributed by atoms with Crippen molar-refractivity contribution in [1.82, 2.24) is 0 Å². The fourth-order valence-corrected chi connectivity index (χ4v) is 8.55. The van der Waals surface area contributed by atoms with Crippen molar-refractivity contribution in [1.29, 1.82) is 0 Å². The van der Waals surface area contributed by atoms with Gasteiger partial charge in [-0.3, -0.25) is 0 Å². The molecule has 0 aliphatic heterocycles. The van der Waals surface area contributed by atoms with Crippen LogP contribution in [0.4, 0.5) is 12.9 Å². The highest BCUT2D eigenvalue weighted by atomic mass is 28.4. The third kappa shape index (κ3) is 15.7. The van der Waals surface area contributed by atoms with Gasteiger partial charge in [0.05, 0.1) is 0 Å². The molecule has 0 aromatic rings. The molecule has 0 N–H and O–H groups in total. The number of halogens is 3. The minimum absolute atomic E-state index is 0.0693. The zero-order valence-corrected chi connectivity index (χ0v) is 18.6. The average molecular weight is 383 g/mol. The van der Waals surface area contributed by atoms with Crippen LogP contribution in [0.3, 0.4) is 0 Å². The Kier molecular flexibility index (Phi) is 16.8. The molecule has 0 aliphatic carbocycles. The minimum Gasteiger partial charge on any atom is -0.314 e. The van der Waals surface area contributed by atoms with Crippen molar-refractivity contribution < 1.29 is 12.9 Å². The first-order chi connectivity index (χ1) is 11.5. The number of alkyl halides is 2. The molecule has 0 atom stereocenters. The van der Waals surface area contributed by atoms with E-state index in [1.165, 1.54) is 44.2 Å². The van der Waals surface area contributed by atoms with Crippen LogP contribution in [0.25, 0.3) is 0 Å². The van der Waals surface area contributed by atoms with Gasteiger partial charge in [-0.2, -0.15) is 0 Å². The molecule has 146 valence electrons. The van der Waals surface area contributed by atoms with Gasteiger partial charge >= 0.3 is 0 Å². The monoisotopic (exact) mass is 382 g/mol. The largest absolute Gasteiger partial charge is 0.314 e. The van der Waals surface area contributed by atoms with Crippen molar-refractivity contribution in [2.75, 3.05) is 0 Å². The second-order valence-corrected chi connectivity index (χ2v) is 13.4. The highest BCUT2D eigenvalue weighted by Crippen LogP contribution is 2.30. The lowest BCUT2D eigenvalue weighted by Gasteiger charge is -2.22. The van der Waals surface area contributed by atoms with Gasteiger partial charge in [0, 0.05) is 15.9 Å². The lowest BCUT2D eigenvalue weighted by Crippen LogP contribution is -2.28. The van der Waals surface area contributed by atoms with Crippen LogP contribution in [-0.4, -0.2) is 24.4 Å². The Labute approximate surface area is 152 Å². The summed E-state index contributed by atoms with van der Waals surface area (Å²) in [4.78, 5) is 0. The predicted octanol–water partition coefficient (Wildman–Crippen LogP) is 7.50. The van der Waals surface area contributed by atoms with Crippen LogP contribution in [0.5, 0.6) is 0 Å². The third-order valence-electron chi connectivity index (χ3n) is 5.00. The van der Waals surface area contributed by atoms with Crippen molar-refractivity contribution in [3.63, 3.8) is 0 Å². The summed E-state index contributed by atoms with van der Waals surface area (Å²) < 4.78 is 39.3. The Bertz CT molecular complexity index is 253. The number of hydrogen-bond donors (Lipinski definition) is 0. The number of rotatable bonds is 18. The van der Waals surface area contributed by atoms with Crippen LogP contribution in [0.2, 0.25) is 30.2 Å². The first-order valence-corrected chi connectivity index (χ1v) is 15.0. The van der Waals surface area contributed by atoms with Crippen molar-refractivity contribution >= 4 is 17.9 Å². The summed E-state index contributed by atoms with van der Waals surface area (Å²) in [5.74, 6) is 0. The van der Waals surface area contributed by atoms with Crippen molar-refractivity contribution in [3.05, 3.63) is 0 Å². The average Bonchev–Trinajstić information content (AvgIpc) is 2.53. The van der Waals surface area contributed by atoms with Crippen LogP contribution < -0.4 is 0 Å². The van der Waals surface area contributed by atoms with E-state index in [-0.39, 0.29) is 15.9 Å². The van der Waals surface area contributed by atoms with Crippen molar-refractivity contribution in [2.24, 2.45) is 0 Å². The fourth-order valence-electron chi connectivity index (χ4n) is 3.38. The van der Waals surface area contributed by atoms with E-state index in [1.54, 1.807) is 0 Å². The molecule has 0 nitrogen and oxygen atoms in total. The van der Waals surface area contributed by atoms with E-state index >= 15 is 4.11 Å². The van der Waals surface area contributed by atoms with Gasteiger partial charge in [-0.05, 0) is 24.6 Å². The fraction of sp³-hybridized carbons (Fsp3) is 1.00. The van der Waals surface area contributed by atoms with Gasteiger partial charge in [-0.1, -0.05) is 83.7 Å². The van der Waals surface area contributed by atoms with Crippen molar-refractivity contribution in [2.45, 2.75) is 121 Å². The Morgan fingerprint density at radius 1 is 0.708 bits per heavy atom. The number of unbranched alkanes of at least 4 members (excludes halogenated alkanes) is 6. The molecule has 0 fully saturated rings. The lowest BCUT2D eigenvalue weighted by atomic mass is 10.3. The maximum absolute atomic E-state index is 15.3. The molecule has 0 amide bonds. The van der Waals surface area contributed by atoms with Gasteiger partial charge in [0.15, 0.2) is 0 Å². The van der Waals surface area contributed by atoms with Crippen LogP contribution in [0.15, 0.2) is 0 Å². The summed E-state index contributed by atoms with van der Waals surface area (Å²) in [6.45, 7) is 4.37. The molecule has 0 bridgehead atoms. The molecule has 0 radical (unpaired) electrons. The summed E-state index contributed by atoms with van der Waals surface area (Å²) >= 11 is 0. The topological polar surface area (TPSA) is 0 Å². The molecule has 0 unspecified atom stereocenters. The molecule has 24 heavy (non-hydrogen) atoms. The van der Waals surface area contributed by atoms with Crippen LogP contribution in [-0.2, 0) is 0 Å². The highest BCUT2D eigenvalue weighted by Gasteiger charge is 2.31. The zero-order chi connectivity index (χ0) is 18.1. The third-order valence-corrected chi connectivity index (χ3v) is 10.8. The molecule has 0 rings (SSSR count). The second kappa shape index (κ2) is 16.7. The molecule has 0 aliphatic rings. The van der Waals surface area contributed by atoms with Gasteiger partial charge in [0.25, 0.3) is 0 Å². The predicted molar refractivity (Wildman–Crippen MR) is 108 cm³/mol. The van der Waals surface area contributed by atoms with E-state index in [0.717, 1.165) is 43.8 Å². The van der Waals surface area contributed by atoms with Gasteiger partial charge < -0.3 is 4.11 Å². The molecule has 0 saturated heterocycles. The van der Waals surface area contributed by atoms with Crippen LogP contribution in [0, 0.1) is 0 Å². The molecule has 5 heteroatoms. The Morgan fingerprint density at radius 3 is 1.62 bits per heavy atom. The number of hydrogen-bond acceptors (Lipinski definition) is 0. The summed E-state index contributed by atoms with van der Waals surface area (Å²) in [6, 6.07) is 5.12. The summed E-state index contributed by atoms with van der Waals surface area (Å²) in [6.07, 6.45) is 8.74. The van der Waals surface area contributed by atoms with Gasteiger partial charge in [0.2, 0.25) is 14.8 Å². The smallest absolute Gasteiger partial charge is 0.247 e. The maximum atomic E-state index is 15.3. The van der Waals surface area contributed by atoms with E-state index in [0.29, 0.717) is 6.42 Å². The molecular weight excluding hydrogens is 341 g/mol. The lowest BCUT2D eigenvalue weighted by molar-refractivity contribution is 0.134. The Balaban J connectivity index is 3.75. The van der Waals surface area contributed by atoms with Crippen LogP contribution >= 0.6 is 0 Å². The summed E-state index contributed by atoms with van der Waals surface area (Å²) in [5, 5.41) is 0. The molecule has 0 saturated carbocycles. The zero-order valence-electron chi connectivity index (χ0n) is 16.2. The quantitative estimate of drug-likeness (QED) is 0.131. The minimum atomic E-state index is -2.49. The second-order valence-electron chi connectivity index (χ2n) is 7.47. The van der Waals surface area contributed by atoms with Crippen LogP contribution in [0.1, 0.15) is 84.5 Å². The molecule has 0 aromatic heterocycles. The first kappa shape index (κ1) is 24.2. The molecule has 0 aromatic carbocycles. The highest BCUT2D eigenvalue weighted by molar-refractivity contribution is 6.73. The standard InChI is InChI=1S/C19H41F3Si2/c1-3-5-10-16-24(22,17-11-6-4-2)18-12-9-15-23-14-8-7-13-19(20)21/h19H,3-18,23H2,1-2H3. The van der Waals surface area contributed by atoms with E-state index in [4.69, 9.17) is 0 Å². The molecule has 0 spiro atoms. The van der Waals surface area contributed by atoms with Gasteiger partial charge in [-0.15, -0.1) is 0 Å². The van der Waals surface area contributed by atoms with Gasteiger partial charge in [-0.25, -0.2) is 8.78 Å². The Hall–Kier alpha value is 0.224. The van der Waals surface area contributed by atoms with E-state index in [2.05, 4.69) is 13.8 Å². The first-order valence-electron chi connectivity index (χ1n) is 10.5. The van der Waals surface area contributed by atoms with Gasteiger partial charge in [0.1, 0.15) is 0 Å². The molecular formula is C19H41F3Si2. The molecule has 0 heterocycles. The maximum Gasteiger partial charge on any atom is 0.247 e. The normalized spacial score (nSPS) is 12.8. The summed E-state index contributed by atoms with van der Waals surface area (Å²) in [5.41, 5.74) is 0. The van der Waals surface area contributed by atoms with Crippen molar-refractivity contribution in [3.8, 4) is 0 Å². The van der Waals surface area contributed by atoms with E-state index < -0.39 is 14.8 Å². The van der Waals surface area contributed by atoms with E-state index in [9.17, 15) is 8.78 Å². The SMILES string of the molecule is CCCCC[Si](F)(CCCCC)CCCC[SiH2]CCCCC(F)F.